The molecule has 0 saturated heterocycles. The number of carbonyl (C=O) groups excluding carboxylic acids is 1. The zero-order valence-electron chi connectivity index (χ0n) is 12.9. The molecule has 2 aromatic carbocycles. The van der Waals surface area contributed by atoms with E-state index in [1.54, 1.807) is 6.92 Å². The molecule has 2 aromatic rings. The molecular weight excluding hydrogens is 361 g/mol. The van der Waals surface area contributed by atoms with E-state index in [1.165, 1.54) is 12.1 Å². The Balaban J connectivity index is 2.31. The van der Waals surface area contributed by atoms with Crippen LogP contribution in [0.1, 0.15) is 22.8 Å². The summed E-state index contributed by atoms with van der Waals surface area (Å²) in [6.45, 7) is 1.70. The van der Waals surface area contributed by atoms with E-state index in [1.807, 2.05) is 0 Å². The normalized spacial score (nSPS) is 11.8. The number of alkyl halides is 3. The van der Waals surface area contributed by atoms with Crippen molar-refractivity contribution < 1.29 is 35.3 Å². The number of hydrogen-bond donors (Lipinski definition) is 0. The van der Waals surface area contributed by atoms with E-state index in [-0.39, 0.29) is 17.1 Å². The van der Waals surface area contributed by atoms with Gasteiger partial charge in [-0.2, -0.15) is 21.6 Å². The average Bonchev–Trinajstić information content (AvgIpc) is 2.54. The Hall–Kier alpha value is -2.55. The van der Waals surface area contributed by atoms with Gasteiger partial charge >= 0.3 is 22.3 Å². The maximum Gasteiger partial charge on any atom is 0.416 e. The van der Waals surface area contributed by atoms with Crippen molar-refractivity contribution >= 4 is 16.1 Å². The first-order chi connectivity index (χ1) is 11.6. The highest BCUT2D eigenvalue weighted by Gasteiger charge is 2.31. The number of hydrogen-bond acceptors (Lipinski definition) is 5. The number of ether oxygens (including phenoxy) is 1. The highest BCUT2D eigenvalue weighted by atomic mass is 32.2. The predicted molar refractivity (Wildman–Crippen MR) is 81.7 cm³/mol. The molecule has 0 heterocycles. The Labute approximate surface area is 142 Å². The lowest BCUT2D eigenvalue weighted by molar-refractivity contribution is -0.137. The standard InChI is InChI=1S/C16H13F3O5S/c1-2-23-15(20)11-5-3-8-14(9-11)25(21,22)24-13-7-4-6-12(10-13)16(17,18)19/h3-10H,2H2,1H3. The molecule has 0 atom stereocenters. The third-order valence-corrected chi connectivity index (χ3v) is 4.24. The summed E-state index contributed by atoms with van der Waals surface area (Å²) in [6, 6.07) is 8.32. The third kappa shape index (κ3) is 4.72. The summed E-state index contributed by atoms with van der Waals surface area (Å²) in [5.41, 5.74) is -1.06. The van der Waals surface area contributed by atoms with Crippen molar-refractivity contribution in [2.75, 3.05) is 6.61 Å². The number of esters is 1. The van der Waals surface area contributed by atoms with Crippen LogP contribution in [0.3, 0.4) is 0 Å². The Morgan fingerprint density at radius 3 is 2.40 bits per heavy atom. The molecule has 0 amide bonds. The molecule has 0 radical (unpaired) electrons. The van der Waals surface area contributed by atoms with Crippen LogP contribution < -0.4 is 4.18 Å². The van der Waals surface area contributed by atoms with E-state index in [2.05, 4.69) is 0 Å². The summed E-state index contributed by atoms with van der Waals surface area (Å²) < 4.78 is 72.0. The highest BCUT2D eigenvalue weighted by molar-refractivity contribution is 7.87. The second-order valence-electron chi connectivity index (χ2n) is 4.81. The van der Waals surface area contributed by atoms with Crippen LogP contribution in [0.4, 0.5) is 13.2 Å². The highest BCUT2D eigenvalue weighted by Crippen LogP contribution is 2.32. The molecule has 0 aromatic heterocycles. The molecular formula is C16H13F3O5S. The van der Waals surface area contributed by atoms with Crippen molar-refractivity contribution in [2.45, 2.75) is 18.0 Å². The molecule has 0 bridgehead atoms. The maximum absolute atomic E-state index is 12.7. The van der Waals surface area contributed by atoms with Gasteiger partial charge in [-0.15, -0.1) is 0 Å². The SMILES string of the molecule is CCOC(=O)c1cccc(S(=O)(=O)Oc2cccc(C(F)(F)F)c2)c1. The molecule has 0 aliphatic rings. The van der Waals surface area contributed by atoms with E-state index >= 15 is 0 Å². The van der Waals surface area contributed by atoms with Crippen LogP contribution in [-0.4, -0.2) is 21.0 Å². The molecule has 0 unspecified atom stereocenters. The predicted octanol–water partition coefficient (Wildman–Crippen LogP) is 3.65. The summed E-state index contributed by atoms with van der Waals surface area (Å²) in [5.74, 6) is -1.21. The first-order valence-corrected chi connectivity index (χ1v) is 8.43. The number of carbonyl (C=O) groups is 1. The summed E-state index contributed by atoms with van der Waals surface area (Å²) in [5, 5.41) is 0. The Morgan fingerprint density at radius 1 is 1.08 bits per heavy atom. The lowest BCUT2D eigenvalue weighted by Crippen LogP contribution is -2.12. The average molecular weight is 374 g/mol. The van der Waals surface area contributed by atoms with E-state index in [9.17, 15) is 26.4 Å². The summed E-state index contributed by atoms with van der Waals surface area (Å²) in [4.78, 5) is 11.3. The van der Waals surface area contributed by atoms with Crippen LogP contribution in [0.5, 0.6) is 5.75 Å². The summed E-state index contributed by atoms with van der Waals surface area (Å²) in [6.07, 6.45) is -4.63. The molecule has 0 N–H and O–H groups in total. The van der Waals surface area contributed by atoms with Crippen LogP contribution in [0, 0.1) is 0 Å². The number of rotatable bonds is 5. The maximum atomic E-state index is 12.7. The van der Waals surface area contributed by atoms with Crippen molar-refractivity contribution in [1.82, 2.24) is 0 Å². The van der Waals surface area contributed by atoms with Crippen molar-refractivity contribution in [3.63, 3.8) is 0 Å². The van der Waals surface area contributed by atoms with Crippen molar-refractivity contribution in [2.24, 2.45) is 0 Å². The largest absolute Gasteiger partial charge is 0.462 e. The summed E-state index contributed by atoms with van der Waals surface area (Å²) >= 11 is 0. The lowest BCUT2D eigenvalue weighted by Gasteiger charge is -2.11. The molecule has 0 aliphatic heterocycles. The molecule has 0 saturated carbocycles. The fourth-order valence-electron chi connectivity index (χ4n) is 1.89. The minimum absolute atomic E-state index is 0.0180. The van der Waals surface area contributed by atoms with Crippen LogP contribution in [0.25, 0.3) is 0 Å². The van der Waals surface area contributed by atoms with Gasteiger partial charge in [0.2, 0.25) is 0 Å². The molecule has 5 nitrogen and oxygen atoms in total. The fraction of sp³-hybridized carbons (Fsp3) is 0.188. The quantitative estimate of drug-likeness (QED) is 0.590. The second-order valence-corrected chi connectivity index (χ2v) is 6.36. The van der Waals surface area contributed by atoms with E-state index in [4.69, 9.17) is 8.92 Å². The van der Waals surface area contributed by atoms with Crippen molar-refractivity contribution in [1.29, 1.82) is 0 Å². The van der Waals surface area contributed by atoms with Gasteiger partial charge < -0.3 is 8.92 Å². The van der Waals surface area contributed by atoms with Crippen LogP contribution in [0.2, 0.25) is 0 Å². The van der Waals surface area contributed by atoms with Crippen LogP contribution in [0.15, 0.2) is 53.4 Å². The number of halogens is 3. The molecule has 0 aliphatic carbocycles. The third-order valence-electron chi connectivity index (χ3n) is 3.00. The molecule has 9 heteroatoms. The number of benzene rings is 2. The topological polar surface area (TPSA) is 69.7 Å². The van der Waals surface area contributed by atoms with Gasteiger partial charge in [-0.25, -0.2) is 4.79 Å². The zero-order chi connectivity index (χ0) is 18.7. The fourth-order valence-corrected chi connectivity index (χ4v) is 2.86. The van der Waals surface area contributed by atoms with Crippen molar-refractivity contribution in [3.05, 3.63) is 59.7 Å². The molecule has 25 heavy (non-hydrogen) atoms. The lowest BCUT2D eigenvalue weighted by atomic mass is 10.2. The minimum atomic E-state index is -4.63. The Bertz CT molecular complexity index is 875. The molecule has 134 valence electrons. The van der Waals surface area contributed by atoms with Gasteiger partial charge in [0.05, 0.1) is 17.7 Å². The zero-order valence-corrected chi connectivity index (χ0v) is 13.7. The first kappa shape index (κ1) is 18.8. The smallest absolute Gasteiger partial charge is 0.416 e. The van der Waals surface area contributed by atoms with E-state index in [0.29, 0.717) is 6.07 Å². The van der Waals surface area contributed by atoms with Gasteiger partial charge in [0.25, 0.3) is 0 Å². The van der Waals surface area contributed by atoms with Gasteiger partial charge in [-0.1, -0.05) is 12.1 Å². The second kappa shape index (κ2) is 7.14. The van der Waals surface area contributed by atoms with Gasteiger partial charge in [0, 0.05) is 0 Å². The minimum Gasteiger partial charge on any atom is -0.462 e. The van der Waals surface area contributed by atoms with Crippen LogP contribution in [-0.2, 0) is 21.0 Å². The molecule has 0 fully saturated rings. The van der Waals surface area contributed by atoms with Crippen molar-refractivity contribution in [3.8, 4) is 5.75 Å². The first-order valence-electron chi connectivity index (χ1n) is 7.02. The Morgan fingerprint density at radius 2 is 1.76 bits per heavy atom. The Kier molecular flexibility index (Phi) is 5.36. The van der Waals surface area contributed by atoms with Gasteiger partial charge in [0.15, 0.2) is 0 Å². The van der Waals surface area contributed by atoms with Gasteiger partial charge in [-0.3, -0.25) is 0 Å². The van der Waals surface area contributed by atoms with E-state index < -0.39 is 33.6 Å². The molecule has 0 spiro atoms. The summed E-state index contributed by atoms with van der Waals surface area (Å²) in [7, 11) is -4.42. The van der Waals surface area contributed by atoms with Gasteiger partial charge in [-0.05, 0) is 43.3 Å². The monoisotopic (exact) mass is 374 g/mol. The van der Waals surface area contributed by atoms with Crippen LogP contribution >= 0.6 is 0 Å². The molecule has 2 rings (SSSR count). The van der Waals surface area contributed by atoms with E-state index in [0.717, 1.165) is 30.3 Å². The van der Waals surface area contributed by atoms with Gasteiger partial charge in [0.1, 0.15) is 10.6 Å².